The van der Waals surface area contributed by atoms with Gasteiger partial charge in [-0.15, -0.1) is 11.3 Å². The van der Waals surface area contributed by atoms with Crippen molar-refractivity contribution in [1.82, 2.24) is 10.3 Å². The number of carbonyl (C=O) groups is 1. The molecule has 0 aromatic carbocycles. The molecule has 16 heavy (non-hydrogen) atoms. The van der Waals surface area contributed by atoms with Gasteiger partial charge in [-0.3, -0.25) is 4.79 Å². The fourth-order valence-electron chi connectivity index (χ4n) is 2.22. The van der Waals surface area contributed by atoms with Crippen LogP contribution >= 0.6 is 27.3 Å². The molecule has 1 aliphatic rings. The Kier molecular flexibility index (Phi) is 4.35. The number of rotatable bonds is 4. The molecule has 1 aromatic heterocycles. The predicted octanol–water partition coefficient (Wildman–Crippen LogP) is 2.68. The largest absolute Gasteiger partial charge is 0.350 e. The molecular weight excluding hydrogens is 288 g/mol. The number of amides is 1. The van der Waals surface area contributed by atoms with Gasteiger partial charge in [0.25, 0.3) is 5.91 Å². The first-order valence-corrected chi connectivity index (χ1v) is 7.60. The number of halogens is 1. The minimum Gasteiger partial charge on any atom is -0.350 e. The van der Waals surface area contributed by atoms with E-state index in [4.69, 9.17) is 0 Å². The van der Waals surface area contributed by atoms with Gasteiger partial charge in [0.05, 0.1) is 5.51 Å². The quantitative estimate of drug-likeness (QED) is 0.869. The van der Waals surface area contributed by atoms with Crippen molar-refractivity contribution in [2.45, 2.75) is 19.3 Å². The lowest BCUT2D eigenvalue weighted by Gasteiger charge is -2.17. The van der Waals surface area contributed by atoms with Gasteiger partial charge >= 0.3 is 0 Å². The third kappa shape index (κ3) is 2.83. The maximum atomic E-state index is 11.7. The van der Waals surface area contributed by atoms with Crippen LogP contribution in [0, 0.1) is 11.8 Å². The minimum atomic E-state index is -0.0403. The number of thiazole rings is 1. The molecule has 0 aliphatic heterocycles. The molecule has 0 bridgehead atoms. The van der Waals surface area contributed by atoms with E-state index in [1.54, 1.807) is 10.9 Å². The summed E-state index contributed by atoms with van der Waals surface area (Å²) in [5.41, 5.74) is 2.23. The Morgan fingerprint density at radius 2 is 2.38 bits per heavy atom. The van der Waals surface area contributed by atoms with Crippen molar-refractivity contribution in [3.63, 3.8) is 0 Å². The van der Waals surface area contributed by atoms with E-state index in [2.05, 4.69) is 26.2 Å². The fraction of sp³-hybridized carbons (Fsp3) is 0.636. The van der Waals surface area contributed by atoms with E-state index in [9.17, 15) is 4.79 Å². The molecule has 1 aromatic rings. The standard InChI is InChI=1S/C11H15BrN2OS/c12-4-8-2-1-3-9(8)5-13-11(15)10-6-16-7-14-10/h6-9H,1-5H2,(H,13,15). The third-order valence-corrected chi connectivity index (χ3v) is 4.62. The zero-order valence-corrected chi connectivity index (χ0v) is 11.4. The molecule has 1 saturated carbocycles. The van der Waals surface area contributed by atoms with Crippen LogP contribution < -0.4 is 5.32 Å². The van der Waals surface area contributed by atoms with Crippen molar-refractivity contribution in [1.29, 1.82) is 0 Å². The average Bonchev–Trinajstić information content (AvgIpc) is 2.96. The summed E-state index contributed by atoms with van der Waals surface area (Å²) in [6.45, 7) is 0.784. The number of nitrogens with zero attached hydrogens (tertiary/aromatic N) is 1. The summed E-state index contributed by atoms with van der Waals surface area (Å²) in [5.74, 6) is 1.30. The zero-order chi connectivity index (χ0) is 11.4. The second-order valence-corrected chi connectivity index (χ2v) is 5.56. The van der Waals surface area contributed by atoms with Gasteiger partial charge in [0.15, 0.2) is 0 Å². The van der Waals surface area contributed by atoms with Crippen molar-refractivity contribution in [3.8, 4) is 0 Å². The Morgan fingerprint density at radius 1 is 1.56 bits per heavy atom. The molecule has 1 aliphatic carbocycles. The van der Waals surface area contributed by atoms with E-state index in [0.29, 0.717) is 11.6 Å². The SMILES string of the molecule is O=C(NCC1CCCC1CBr)c1cscn1. The summed E-state index contributed by atoms with van der Waals surface area (Å²) in [6, 6.07) is 0. The number of hydrogen-bond donors (Lipinski definition) is 1. The van der Waals surface area contributed by atoms with E-state index in [1.165, 1.54) is 30.6 Å². The fourth-order valence-corrected chi connectivity index (χ4v) is 3.61. The van der Waals surface area contributed by atoms with Gasteiger partial charge in [0.2, 0.25) is 0 Å². The molecule has 3 nitrogen and oxygen atoms in total. The summed E-state index contributed by atoms with van der Waals surface area (Å²) in [6.07, 6.45) is 3.80. The summed E-state index contributed by atoms with van der Waals surface area (Å²) >= 11 is 4.99. The molecule has 2 atom stereocenters. The highest BCUT2D eigenvalue weighted by Gasteiger charge is 2.26. The summed E-state index contributed by atoms with van der Waals surface area (Å²) < 4.78 is 0. The topological polar surface area (TPSA) is 42.0 Å². The highest BCUT2D eigenvalue weighted by atomic mass is 79.9. The lowest BCUT2D eigenvalue weighted by atomic mass is 9.98. The maximum absolute atomic E-state index is 11.7. The monoisotopic (exact) mass is 302 g/mol. The molecule has 0 radical (unpaired) electrons. The molecule has 1 amide bonds. The zero-order valence-electron chi connectivity index (χ0n) is 8.99. The molecule has 2 unspecified atom stereocenters. The highest BCUT2D eigenvalue weighted by molar-refractivity contribution is 9.09. The molecule has 2 rings (SSSR count). The molecule has 88 valence electrons. The maximum Gasteiger partial charge on any atom is 0.270 e. The van der Waals surface area contributed by atoms with E-state index in [1.807, 2.05) is 0 Å². The number of alkyl halides is 1. The Bertz CT molecular complexity index is 342. The first-order chi connectivity index (χ1) is 7.81. The van der Waals surface area contributed by atoms with Crippen molar-refractivity contribution in [2.24, 2.45) is 11.8 Å². The van der Waals surface area contributed by atoms with Gasteiger partial charge in [-0.1, -0.05) is 22.4 Å². The first kappa shape index (κ1) is 12.0. The van der Waals surface area contributed by atoms with Gasteiger partial charge in [0.1, 0.15) is 5.69 Å². The number of nitrogens with one attached hydrogen (secondary N) is 1. The molecule has 1 fully saturated rings. The van der Waals surface area contributed by atoms with E-state index in [0.717, 1.165) is 17.8 Å². The average molecular weight is 303 g/mol. The molecule has 5 heteroatoms. The summed E-state index contributed by atoms with van der Waals surface area (Å²) in [5, 5.41) is 5.81. The van der Waals surface area contributed by atoms with Crippen molar-refractivity contribution >= 4 is 33.2 Å². The normalized spacial score (nSPS) is 24.6. The second-order valence-electron chi connectivity index (χ2n) is 4.19. The van der Waals surface area contributed by atoms with Crippen LogP contribution in [0.3, 0.4) is 0 Å². The van der Waals surface area contributed by atoms with Crippen LogP contribution in [0.2, 0.25) is 0 Å². The van der Waals surface area contributed by atoms with Crippen molar-refractivity contribution in [3.05, 3.63) is 16.6 Å². The van der Waals surface area contributed by atoms with Crippen LogP contribution in [0.1, 0.15) is 29.8 Å². The van der Waals surface area contributed by atoms with Crippen LogP contribution in [0.5, 0.6) is 0 Å². The van der Waals surface area contributed by atoms with Gasteiger partial charge in [0, 0.05) is 17.3 Å². The Balaban J connectivity index is 1.81. The number of carbonyl (C=O) groups excluding carboxylic acids is 1. The Hall–Kier alpha value is -0.420. The lowest BCUT2D eigenvalue weighted by molar-refractivity contribution is 0.0940. The van der Waals surface area contributed by atoms with Crippen molar-refractivity contribution < 1.29 is 4.79 Å². The molecular formula is C11H15BrN2OS. The summed E-state index contributed by atoms with van der Waals surface area (Å²) in [7, 11) is 0. The number of hydrogen-bond acceptors (Lipinski definition) is 3. The number of aromatic nitrogens is 1. The molecule has 1 N–H and O–H groups in total. The van der Waals surface area contributed by atoms with E-state index < -0.39 is 0 Å². The Morgan fingerprint density at radius 3 is 3.06 bits per heavy atom. The van der Waals surface area contributed by atoms with Gasteiger partial charge in [-0.2, -0.15) is 0 Å². The van der Waals surface area contributed by atoms with Gasteiger partial charge in [-0.05, 0) is 24.7 Å². The predicted molar refractivity (Wildman–Crippen MR) is 69.1 cm³/mol. The van der Waals surface area contributed by atoms with Crippen LogP contribution in [-0.4, -0.2) is 22.8 Å². The van der Waals surface area contributed by atoms with Gasteiger partial charge < -0.3 is 5.32 Å². The smallest absolute Gasteiger partial charge is 0.270 e. The van der Waals surface area contributed by atoms with E-state index >= 15 is 0 Å². The lowest BCUT2D eigenvalue weighted by Crippen LogP contribution is -2.31. The first-order valence-electron chi connectivity index (χ1n) is 5.53. The van der Waals surface area contributed by atoms with E-state index in [-0.39, 0.29) is 5.91 Å². The van der Waals surface area contributed by atoms with Crippen LogP contribution in [0.4, 0.5) is 0 Å². The van der Waals surface area contributed by atoms with Gasteiger partial charge in [-0.25, -0.2) is 4.98 Å². The highest BCUT2D eigenvalue weighted by Crippen LogP contribution is 2.32. The van der Waals surface area contributed by atoms with Crippen LogP contribution in [-0.2, 0) is 0 Å². The molecule has 1 heterocycles. The second kappa shape index (κ2) is 5.77. The minimum absolute atomic E-state index is 0.0403. The summed E-state index contributed by atoms with van der Waals surface area (Å²) in [4.78, 5) is 15.7. The van der Waals surface area contributed by atoms with Crippen LogP contribution in [0.15, 0.2) is 10.9 Å². The van der Waals surface area contributed by atoms with Crippen molar-refractivity contribution in [2.75, 3.05) is 11.9 Å². The molecule has 0 saturated heterocycles. The Labute approximate surface area is 108 Å². The molecule has 0 spiro atoms. The van der Waals surface area contributed by atoms with Crippen LogP contribution in [0.25, 0.3) is 0 Å². The third-order valence-electron chi connectivity index (χ3n) is 3.20.